The Balaban J connectivity index is 2.66. The van der Waals surface area contributed by atoms with Gasteiger partial charge in [-0.15, -0.1) is 0 Å². The summed E-state index contributed by atoms with van der Waals surface area (Å²) in [5, 5.41) is 0. The van der Waals surface area contributed by atoms with E-state index in [4.69, 9.17) is 0 Å². The van der Waals surface area contributed by atoms with Crippen LogP contribution in [-0.2, 0) is 0 Å². The number of hydrogen-bond acceptors (Lipinski definition) is 1. The highest BCUT2D eigenvalue weighted by Gasteiger charge is 2.34. The first-order valence-corrected chi connectivity index (χ1v) is 4.26. The highest BCUT2D eigenvalue weighted by atomic mass is 14.8. The van der Waals surface area contributed by atoms with Crippen molar-refractivity contribution in [2.75, 3.05) is 0 Å². The molecular formula is C10H17N. The quantitative estimate of drug-likeness (QED) is 0.537. The molecule has 0 bridgehead atoms. The van der Waals surface area contributed by atoms with E-state index in [1.54, 1.807) is 0 Å². The summed E-state index contributed by atoms with van der Waals surface area (Å²) in [5.74, 6) is 0. The van der Waals surface area contributed by atoms with E-state index >= 15 is 0 Å². The zero-order valence-corrected chi connectivity index (χ0v) is 7.78. The Hall–Kier alpha value is -0.590. The van der Waals surface area contributed by atoms with Crippen LogP contribution in [0.3, 0.4) is 0 Å². The molecule has 0 saturated heterocycles. The maximum Gasteiger partial charge on any atom is 0.0300 e. The molecule has 1 nitrogen and oxygen atoms in total. The molecule has 11 heavy (non-hydrogen) atoms. The lowest BCUT2D eigenvalue weighted by Gasteiger charge is -2.38. The van der Waals surface area contributed by atoms with Crippen molar-refractivity contribution in [2.45, 2.75) is 40.0 Å². The van der Waals surface area contributed by atoms with Crippen LogP contribution in [0.1, 0.15) is 40.0 Å². The van der Waals surface area contributed by atoms with Gasteiger partial charge in [0.25, 0.3) is 0 Å². The zero-order valence-electron chi connectivity index (χ0n) is 7.78. The molecule has 0 aromatic rings. The summed E-state index contributed by atoms with van der Waals surface area (Å²) < 4.78 is 0. The predicted molar refractivity (Wildman–Crippen MR) is 49.9 cm³/mol. The molecule has 0 unspecified atom stereocenters. The molecule has 0 aliphatic heterocycles. The summed E-state index contributed by atoms with van der Waals surface area (Å²) in [7, 11) is 0. The minimum atomic E-state index is 0.402. The molecule has 0 radical (unpaired) electrons. The van der Waals surface area contributed by atoms with Gasteiger partial charge in [0, 0.05) is 16.8 Å². The number of rotatable bonds is 2. The monoisotopic (exact) mass is 151 g/mol. The fourth-order valence-electron chi connectivity index (χ4n) is 1.49. The average Bonchev–Trinajstić information content (AvgIpc) is 1.81. The van der Waals surface area contributed by atoms with Gasteiger partial charge in [0.05, 0.1) is 0 Å². The Labute approximate surface area is 69.2 Å². The van der Waals surface area contributed by atoms with Gasteiger partial charge in [-0.2, -0.15) is 0 Å². The zero-order chi connectivity index (χ0) is 8.48. The smallest absolute Gasteiger partial charge is 0.0300 e. The third kappa shape index (κ3) is 1.70. The number of hydrogen-bond donors (Lipinski definition) is 0. The predicted octanol–water partition coefficient (Wildman–Crippen LogP) is 3.17. The second kappa shape index (κ2) is 2.80. The Kier molecular flexibility index (Phi) is 2.17. The maximum absolute atomic E-state index is 4.39. The summed E-state index contributed by atoms with van der Waals surface area (Å²) in [5.41, 5.74) is 2.59. The van der Waals surface area contributed by atoms with Gasteiger partial charge in [-0.05, 0) is 26.7 Å². The Morgan fingerprint density at radius 3 is 2.18 bits per heavy atom. The van der Waals surface area contributed by atoms with Crippen molar-refractivity contribution in [3.05, 3.63) is 12.3 Å². The third-order valence-corrected chi connectivity index (χ3v) is 2.69. The Bertz CT molecular complexity index is 197. The van der Waals surface area contributed by atoms with Crippen LogP contribution in [0, 0.1) is 5.41 Å². The molecule has 0 aromatic carbocycles. The average molecular weight is 151 g/mol. The fraction of sp³-hybridized carbons (Fsp3) is 0.700. The van der Waals surface area contributed by atoms with Crippen LogP contribution in [0.15, 0.2) is 17.3 Å². The van der Waals surface area contributed by atoms with E-state index in [2.05, 4.69) is 25.4 Å². The molecule has 1 aliphatic rings. The first-order chi connectivity index (χ1) is 5.04. The summed E-state index contributed by atoms with van der Waals surface area (Å²) in [4.78, 5) is 4.39. The highest BCUT2D eigenvalue weighted by Crippen LogP contribution is 2.41. The minimum absolute atomic E-state index is 0.402. The van der Waals surface area contributed by atoms with Crippen molar-refractivity contribution in [2.24, 2.45) is 10.4 Å². The molecule has 0 amide bonds. The van der Waals surface area contributed by atoms with E-state index < -0.39 is 0 Å². The summed E-state index contributed by atoms with van der Waals surface area (Å²) in [6, 6.07) is 0. The van der Waals surface area contributed by atoms with Gasteiger partial charge in [-0.3, -0.25) is 4.99 Å². The van der Waals surface area contributed by atoms with Crippen molar-refractivity contribution in [3.8, 4) is 0 Å². The van der Waals surface area contributed by atoms with Crippen molar-refractivity contribution in [1.29, 1.82) is 0 Å². The van der Waals surface area contributed by atoms with Crippen molar-refractivity contribution in [3.63, 3.8) is 0 Å². The van der Waals surface area contributed by atoms with Crippen molar-refractivity contribution >= 4 is 5.71 Å². The summed E-state index contributed by atoms with van der Waals surface area (Å²) >= 11 is 0. The largest absolute Gasteiger partial charge is 0.263 e. The van der Waals surface area contributed by atoms with Crippen LogP contribution in [-0.4, -0.2) is 5.71 Å². The van der Waals surface area contributed by atoms with Crippen molar-refractivity contribution < 1.29 is 0 Å². The standard InChI is InChI=1S/C10H17N/c1-8(2)11-9(3)10(4)6-5-7-10/h1,5-7H2,2-4H3/b11-9-. The Morgan fingerprint density at radius 2 is 1.91 bits per heavy atom. The van der Waals surface area contributed by atoms with Gasteiger partial charge in [0.1, 0.15) is 0 Å². The molecule has 0 aromatic heterocycles. The summed E-state index contributed by atoms with van der Waals surface area (Å²) in [6.07, 6.45) is 3.96. The molecule has 1 heteroatoms. The number of allylic oxidation sites excluding steroid dienone is 1. The lowest BCUT2D eigenvalue weighted by atomic mass is 9.67. The van der Waals surface area contributed by atoms with Gasteiger partial charge in [0.15, 0.2) is 0 Å². The maximum atomic E-state index is 4.39. The van der Waals surface area contributed by atoms with E-state index in [0.29, 0.717) is 5.41 Å². The van der Waals surface area contributed by atoms with E-state index in [-0.39, 0.29) is 0 Å². The molecule has 0 spiro atoms. The van der Waals surface area contributed by atoms with Gasteiger partial charge in [0.2, 0.25) is 0 Å². The van der Waals surface area contributed by atoms with Crippen LogP contribution in [0.25, 0.3) is 0 Å². The molecule has 1 rings (SSSR count). The second-order valence-electron chi connectivity index (χ2n) is 3.85. The van der Waals surface area contributed by atoms with Crippen LogP contribution < -0.4 is 0 Å². The first kappa shape index (κ1) is 8.51. The summed E-state index contributed by atoms with van der Waals surface area (Å²) in [6.45, 7) is 10.1. The highest BCUT2D eigenvalue weighted by molar-refractivity contribution is 5.89. The molecule has 0 atom stereocenters. The lowest BCUT2D eigenvalue weighted by Crippen LogP contribution is -2.33. The molecule has 0 heterocycles. The van der Waals surface area contributed by atoms with Crippen LogP contribution in [0.5, 0.6) is 0 Å². The molecule has 1 aliphatic carbocycles. The lowest BCUT2D eigenvalue weighted by molar-refractivity contribution is 0.261. The van der Waals surface area contributed by atoms with Crippen LogP contribution in [0.2, 0.25) is 0 Å². The van der Waals surface area contributed by atoms with Crippen LogP contribution in [0.4, 0.5) is 0 Å². The number of nitrogens with zero attached hydrogens (tertiary/aromatic N) is 1. The molecule has 0 N–H and O–H groups in total. The minimum Gasteiger partial charge on any atom is -0.263 e. The molecule has 1 fully saturated rings. The molecule has 62 valence electrons. The topological polar surface area (TPSA) is 12.4 Å². The van der Waals surface area contributed by atoms with E-state index in [1.807, 2.05) is 6.92 Å². The Morgan fingerprint density at radius 1 is 1.36 bits per heavy atom. The van der Waals surface area contributed by atoms with Gasteiger partial charge in [-0.1, -0.05) is 19.9 Å². The van der Waals surface area contributed by atoms with Gasteiger partial charge in [-0.25, -0.2) is 0 Å². The molecular weight excluding hydrogens is 134 g/mol. The molecule has 1 saturated carbocycles. The van der Waals surface area contributed by atoms with E-state index in [0.717, 1.165) is 5.70 Å². The second-order valence-corrected chi connectivity index (χ2v) is 3.85. The number of aliphatic imine (C=N–C) groups is 1. The first-order valence-electron chi connectivity index (χ1n) is 4.26. The third-order valence-electron chi connectivity index (χ3n) is 2.69. The van der Waals surface area contributed by atoms with Gasteiger partial charge < -0.3 is 0 Å². The SMILES string of the molecule is C=C(C)/N=C(/C)C1(C)CCC1. The van der Waals surface area contributed by atoms with Crippen LogP contribution >= 0.6 is 0 Å². The normalized spacial score (nSPS) is 22.6. The van der Waals surface area contributed by atoms with E-state index in [9.17, 15) is 0 Å². The fourth-order valence-corrected chi connectivity index (χ4v) is 1.49. The van der Waals surface area contributed by atoms with Crippen molar-refractivity contribution in [1.82, 2.24) is 0 Å². The van der Waals surface area contributed by atoms with E-state index in [1.165, 1.54) is 25.0 Å². The van der Waals surface area contributed by atoms with Gasteiger partial charge >= 0.3 is 0 Å².